The average molecular weight is 339 g/mol. The largest absolute Gasteiger partial charge is 0.492 e. The number of carboxylic acid groups (broad SMARTS) is 1. The minimum absolute atomic E-state index is 0.176. The van der Waals surface area contributed by atoms with Gasteiger partial charge in [0.2, 0.25) is 0 Å². The Morgan fingerprint density at radius 2 is 2.05 bits per heavy atom. The molecule has 0 unspecified atom stereocenters. The average Bonchev–Trinajstić information content (AvgIpc) is 2.44. The second-order valence-electron chi connectivity index (χ2n) is 3.92. The van der Waals surface area contributed by atoms with E-state index in [0.29, 0.717) is 16.8 Å². The molecule has 0 bridgehead atoms. The number of aromatic nitrogens is 2. The van der Waals surface area contributed by atoms with Gasteiger partial charge in [-0.25, -0.2) is 9.78 Å². The molecule has 0 fully saturated rings. The number of nitrogens with zero attached hydrogens (tertiary/aromatic N) is 2. The Hall–Kier alpha value is -2.15. The van der Waals surface area contributed by atoms with Crippen LogP contribution in [0.5, 0.6) is 5.75 Å². The summed E-state index contributed by atoms with van der Waals surface area (Å²) < 4.78 is 7.26. The van der Waals surface area contributed by atoms with Gasteiger partial charge in [-0.05, 0) is 40.2 Å². The third kappa shape index (κ3) is 3.45. The van der Waals surface area contributed by atoms with Crippen molar-refractivity contribution < 1.29 is 14.6 Å². The van der Waals surface area contributed by atoms with Crippen LogP contribution in [-0.4, -0.2) is 27.2 Å². The highest BCUT2D eigenvalue weighted by Crippen LogP contribution is 2.12. The fourth-order valence-electron chi connectivity index (χ4n) is 1.54. The predicted molar refractivity (Wildman–Crippen MR) is 75.1 cm³/mol. The van der Waals surface area contributed by atoms with E-state index in [0.717, 1.165) is 0 Å². The van der Waals surface area contributed by atoms with E-state index in [1.807, 2.05) is 0 Å². The molecule has 6 nitrogen and oxygen atoms in total. The van der Waals surface area contributed by atoms with Crippen LogP contribution in [0.15, 0.2) is 46.1 Å². The molecule has 104 valence electrons. The first kappa shape index (κ1) is 14.3. The lowest BCUT2D eigenvalue weighted by Crippen LogP contribution is -2.23. The molecule has 20 heavy (non-hydrogen) atoms. The van der Waals surface area contributed by atoms with Crippen molar-refractivity contribution in [2.75, 3.05) is 6.61 Å². The highest BCUT2D eigenvalue weighted by Gasteiger charge is 2.03. The molecule has 1 aromatic heterocycles. The summed E-state index contributed by atoms with van der Waals surface area (Å²) in [6.45, 7) is 0.635. The topological polar surface area (TPSA) is 81.4 Å². The minimum Gasteiger partial charge on any atom is -0.492 e. The van der Waals surface area contributed by atoms with E-state index in [4.69, 9.17) is 9.84 Å². The molecule has 0 spiro atoms. The van der Waals surface area contributed by atoms with Crippen LogP contribution in [-0.2, 0) is 6.54 Å². The molecule has 7 heteroatoms. The van der Waals surface area contributed by atoms with Gasteiger partial charge in [0.05, 0.1) is 18.4 Å². The Morgan fingerprint density at radius 1 is 1.35 bits per heavy atom. The van der Waals surface area contributed by atoms with Crippen molar-refractivity contribution in [3.8, 4) is 5.75 Å². The Labute approximate surface area is 122 Å². The van der Waals surface area contributed by atoms with Crippen molar-refractivity contribution in [2.24, 2.45) is 0 Å². The van der Waals surface area contributed by atoms with Crippen LogP contribution >= 0.6 is 15.9 Å². The molecule has 0 atom stereocenters. The monoisotopic (exact) mass is 338 g/mol. The van der Waals surface area contributed by atoms with E-state index < -0.39 is 5.97 Å². The molecular formula is C13H11BrN2O4. The summed E-state index contributed by atoms with van der Waals surface area (Å²) in [6, 6.07) is 6.08. The number of halogens is 1. The molecule has 0 aliphatic carbocycles. The van der Waals surface area contributed by atoms with Crippen LogP contribution in [0.1, 0.15) is 10.4 Å². The van der Waals surface area contributed by atoms with Crippen LogP contribution < -0.4 is 10.3 Å². The lowest BCUT2D eigenvalue weighted by atomic mass is 10.2. The normalized spacial score (nSPS) is 10.2. The number of aromatic carboxylic acids is 1. The molecule has 1 heterocycles. The maximum absolute atomic E-state index is 11.7. The standard InChI is InChI=1S/C13H11BrN2O4/c14-11-7-15-8-16(12(11)17)5-6-20-10-3-1-9(2-4-10)13(18)19/h1-4,7-8H,5-6H2,(H,18,19). The number of carboxylic acids is 1. The van der Waals surface area contributed by atoms with E-state index >= 15 is 0 Å². The zero-order valence-electron chi connectivity index (χ0n) is 10.3. The minimum atomic E-state index is -0.983. The molecule has 0 saturated heterocycles. The number of hydrogen-bond acceptors (Lipinski definition) is 4. The zero-order chi connectivity index (χ0) is 14.5. The third-order valence-electron chi connectivity index (χ3n) is 2.56. The number of rotatable bonds is 5. The lowest BCUT2D eigenvalue weighted by molar-refractivity contribution is 0.0697. The van der Waals surface area contributed by atoms with Gasteiger partial charge in [0.1, 0.15) is 16.8 Å². The summed E-state index contributed by atoms with van der Waals surface area (Å²) in [5, 5.41) is 8.77. The molecule has 1 N–H and O–H groups in total. The SMILES string of the molecule is O=C(O)c1ccc(OCCn2cncc(Br)c2=O)cc1. The van der Waals surface area contributed by atoms with E-state index in [2.05, 4.69) is 20.9 Å². The van der Waals surface area contributed by atoms with Crippen LogP contribution in [0, 0.1) is 0 Å². The van der Waals surface area contributed by atoms with Crippen LogP contribution in [0.4, 0.5) is 0 Å². The highest BCUT2D eigenvalue weighted by atomic mass is 79.9. The van der Waals surface area contributed by atoms with E-state index in [1.165, 1.54) is 29.2 Å². The van der Waals surface area contributed by atoms with Crippen molar-refractivity contribution in [1.29, 1.82) is 0 Å². The van der Waals surface area contributed by atoms with Gasteiger partial charge in [-0.1, -0.05) is 0 Å². The molecule has 1 aromatic carbocycles. The van der Waals surface area contributed by atoms with Gasteiger partial charge >= 0.3 is 5.97 Å². The first-order valence-electron chi connectivity index (χ1n) is 5.74. The number of carbonyl (C=O) groups is 1. The predicted octanol–water partition coefficient (Wildman–Crippen LogP) is 1.78. The fourth-order valence-corrected chi connectivity index (χ4v) is 1.88. The van der Waals surface area contributed by atoms with Crippen LogP contribution in [0.2, 0.25) is 0 Å². The van der Waals surface area contributed by atoms with Crippen molar-refractivity contribution in [3.05, 3.63) is 57.2 Å². The molecule has 0 saturated carbocycles. The van der Waals surface area contributed by atoms with Crippen molar-refractivity contribution >= 4 is 21.9 Å². The van der Waals surface area contributed by atoms with Gasteiger partial charge in [-0.3, -0.25) is 9.36 Å². The summed E-state index contributed by atoms with van der Waals surface area (Å²) in [6.07, 6.45) is 2.87. The summed E-state index contributed by atoms with van der Waals surface area (Å²) in [5.74, 6) is -0.436. The van der Waals surface area contributed by atoms with E-state index in [-0.39, 0.29) is 17.7 Å². The fraction of sp³-hybridized carbons (Fsp3) is 0.154. The zero-order valence-corrected chi connectivity index (χ0v) is 11.9. The second-order valence-corrected chi connectivity index (χ2v) is 4.77. The van der Waals surface area contributed by atoms with Crippen LogP contribution in [0.3, 0.4) is 0 Å². The Kier molecular flexibility index (Phi) is 4.52. The van der Waals surface area contributed by atoms with Gasteiger partial charge < -0.3 is 9.84 Å². The summed E-state index contributed by atoms with van der Waals surface area (Å²) >= 11 is 3.11. The Bertz CT molecular complexity index is 667. The van der Waals surface area contributed by atoms with Gasteiger partial charge in [0, 0.05) is 6.20 Å². The van der Waals surface area contributed by atoms with Crippen LogP contribution in [0.25, 0.3) is 0 Å². The van der Waals surface area contributed by atoms with Gasteiger partial charge in [-0.15, -0.1) is 0 Å². The maximum atomic E-state index is 11.7. The molecule has 2 aromatic rings. The van der Waals surface area contributed by atoms with Crippen molar-refractivity contribution in [2.45, 2.75) is 6.54 Å². The van der Waals surface area contributed by atoms with Gasteiger partial charge in [-0.2, -0.15) is 0 Å². The number of ether oxygens (including phenoxy) is 1. The maximum Gasteiger partial charge on any atom is 0.335 e. The molecule has 0 aliphatic rings. The third-order valence-corrected chi connectivity index (χ3v) is 3.11. The second kappa shape index (κ2) is 6.33. The van der Waals surface area contributed by atoms with Gasteiger partial charge in [0.15, 0.2) is 0 Å². The van der Waals surface area contributed by atoms with E-state index in [1.54, 1.807) is 12.1 Å². The molecular weight excluding hydrogens is 328 g/mol. The highest BCUT2D eigenvalue weighted by molar-refractivity contribution is 9.10. The Morgan fingerprint density at radius 3 is 2.70 bits per heavy atom. The smallest absolute Gasteiger partial charge is 0.335 e. The molecule has 0 amide bonds. The number of hydrogen-bond donors (Lipinski definition) is 1. The molecule has 2 rings (SSSR count). The van der Waals surface area contributed by atoms with E-state index in [9.17, 15) is 9.59 Å². The number of benzene rings is 1. The summed E-state index contributed by atoms with van der Waals surface area (Å²) in [7, 11) is 0. The molecule has 0 aliphatic heterocycles. The summed E-state index contributed by atoms with van der Waals surface area (Å²) in [5.41, 5.74) is 0.0228. The van der Waals surface area contributed by atoms with Crippen molar-refractivity contribution in [3.63, 3.8) is 0 Å². The molecule has 0 radical (unpaired) electrons. The summed E-state index contributed by atoms with van der Waals surface area (Å²) in [4.78, 5) is 26.3. The quantitative estimate of drug-likeness (QED) is 0.898. The Balaban J connectivity index is 1.94. The van der Waals surface area contributed by atoms with Crippen molar-refractivity contribution in [1.82, 2.24) is 9.55 Å². The lowest BCUT2D eigenvalue weighted by Gasteiger charge is -2.08. The first-order chi connectivity index (χ1) is 9.58. The first-order valence-corrected chi connectivity index (χ1v) is 6.53. The van der Waals surface area contributed by atoms with Gasteiger partial charge in [0.25, 0.3) is 5.56 Å².